The molecule has 1 aliphatic rings. The van der Waals surface area contributed by atoms with Gasteiger partial charge in [-0.2, -0.15) is 4.98 Å². The highest BCUT2D eigenvalue weighted by Gasteiger charge is 2.14. The van der Waals surface area contributed by atoms with Gasteiger partial charge >= 0.3 is 0 Å². The Labute approximate surface area is 169 Å². The monoisotopic (exact) mass is 398 g/mol. The molecule has 146 valence electrons. The Kier molecular flexibility index (Phi) is 6.21. The molecule has 1 saturated heterocycles. The fourth-order valence-corrected chi connectivity index (χ4v) is 3.39. The van der Waals surface area contributed by atoms with Crippen LogP contribution in [0.1, 0.15) is 11.5 Å². The minimum atomic E-state index is 0.587. The number of hydrogen-bond acceptors (Lipinski definition) is 6. The van der Waals surface area contributed by atoms with E-state index in [1.165, 1.54) is 11.3 Å². The minimum Gasteiger partial charge on any atom is -0.378 e. The van der Waals surface area contributed by atoms with E-state index in [0.717, 1.165) is 45.0 Å². The SMILES string of the molecule is Clc1ccc(-c2noc(CCNCc3ccccc3N3CCOCC3)n2)cc1. The topological polar surface area (TPSA) is 63.4 Å². The molecule has 2 aromatic carbocycles. The van der Waals surface area contributed by atoms with Gasteiger partial charge in [-0.25, -0.2) is 0 Å². The van der Waals surface area contributed by atoms with Gasteiger partial charge in [-0.05, 0) is 35.9 Å². The molecule has 0 aliphatic carbocycles. The zero-order valence-electron chi connectivity index (χ0n) is 15.6. The van der Waals surface area contributed by atoms with Crippen LogP contribution < -0.4 is 10.2 Å². The van der Waals surface area contributed by atoms with Gasteiger partial charge in [0.25, 0.3) is 0 Å². The maximum atomic E-state index is 5.92. The molecule has 1 fully saturated rings. The average molecular weight is 399 g/mol. The van der Waals surface area contributed by atoms with Crippen LogP contribution in [0.25, 0.3) is 11.4 Å². The number of morpholine rings is 1. The lowest BCUT2D eigenvalue weighted by atomic mass is 10.1. The van der Waals surface area contributed by atoms with Crippen LogP contribution in [0.4, 0.5) is 5.69 Å². The highest BCUT2D eigenvalue weighted by Crippen LogP contribution is 2.21. The molecular weight excluding hydrogens is 376 g/mol. The highest BCUT2D eigenvalue weighted by atomic mass is 35.5. The van der Waals surface area contributed by atoms with Crippen molar-refractivity contribution >= 4 is 17.3 Å². The van der Waals surface area contributed by atoms with Crippen LogP contribution in [0.3, 0.4) is 0 Å². The van der Waals surface area contributed by atoms with E-state index in [4.69, 9.17) is 20.9 Å². The van der Waals surface area contributed by atoms with Crippen molar-refractivity contribution in [2.45, 2.75) is 13.0 Å². The molecule has 2 heterocycles. The van der Waals surface area contributed by atoms with Crippen LogP contribution in [-0.4, -0.2) is 43.0 Å². The number of nitrogens with one attached hydrogen (secondary N) is 1. The zero-order chi connectivity index (χ0) is 19.2. The summed E-state index contributed by atoms with van der Waals surface area (Å²) in [5.74, 6) is 1.21. The molecule has 1 N–H and O–H groups in total. The third kappa shape index (κ3) is 4.70. The molecule has 0 amide bonds. The summed E-state index contributed by atoms with van der Waals surface area (Å²) >= 11 is 5.92. The van der Waals surface area contributed by atoms with Crippen molar-refractivity contribution in [1.29, 1.82) is 0 Å². The van der Waals surface area contributed by atoms with Gasteiger partial charge in [0, 0.05) is 48.9 Å². The number of nitrogens with zero attached hydrogens (tertiary/aromatic N) is 3. The van der Waals surface area contributed by atoms with E-state index in [1.54, 1.807) is 0 Å². The summed E-state index contributed by atoms with van der Waals surface area (Å²) in [6, 6.07) is 15.9. The second-order valence-corrected chi connectivity index (χ2v) is 7.11. The minimum absolute atomic E-state index is 0.587. The van der Waals surface area contributed by atoms with Crippen molar-refractivity contribution in [3.8, 4) is 11.4 Å². The number of benzene rings is 2. The van der Waals surface area contributed by atoms with Crippen LogP contribution in [0.15, 0.2) is 53.1 Å². The summed E-state index contributed by atoms with van der Waals surface area (Å²) in [7, 11) is 0. The van der Waals surface area contributed by atoms with Gasteiger partial charge in [-0.3, -0.25) is 0 Å². The van der Waals surface area contributed by atoms with E-state index in [0.29, 0.717) is 23.2 Å². The predicted molar refractivity (Wildman–Crippen MR) is 110 cm³/mol. The van der Waals surface area contributed by atoms with Crippen LogP contribution in [0.5, 0.6) is 0 Å². The lowest BCUT2D eigenvalue weighted by Crippen LogP contribution is -2.37. The van der Waals surface area contributed by atoms with E-state index in [2.05, 4.69) is 44.6 Å². The van der Waals surface area contributed by atoms with E-state index >= 15 is 0 Å². The van der Waals surface area contributed by atoms with Gasteiger partial charge in [0.05, 0.1) is 13.2 Å². The van der Waals surface area contributed by atoms with Crippen molar-refractivity contribution in [2.24, 2.45) is 0 Å². The standard InChI is InChI=1S/C21H23ClN4O2/c22-18-7-5-16(6-8-18)21-24-20(28-25-21)9-10-23-15-17-3-1-2-4-19(17)26-11-13-27-14-12-26/h1-8,23H,9-15H2. The van der Waals surface area contributed by atoms with Gasteiger partial charge in [-0.1, -0.05) is 35.0 Å². The number of anilines is 1. The fourth-order valence-electron chi connectivity index (χ4n) is 3.26. The highest BCUT2D eigenvalue weighted by molar-refractivity contribution is 6.30. The molecule has 7 heteroatoms. The van der Waals surface area contributed by atoms with Crippen molar-refractivity contribution in [3.05, 3.63) is 65.0 Å². The van der Waals surface area contributed by atoms with Crippen molar-refractivity contribution < 1.29 is 9.26 Å². The molecule has 0 saturated carbocycles. The summed E-state index contributed by atoms with van der Waals surface area (Å²) < 4.78 is 10.8. The molecule has 28 heavy (non-hydrogen) atoms. The molecule has 0 radical (unpaired) electrons. The Balaban J connectivity index is 1.30. The maximum absolute atomic E-state index is 5.92. The van der Waals surface area contributed by atoms with Crippen LogP contribution >= 0.6 is 11.6 Å². The number of ether oxygens (including phenoxy) is 1. The first-order valence-electron chi connectivity index (χ1n) is 9.49. The Bertz CT molecular complexity index is 891. The molecule has 0 bridgehead atoms. The van der Waals surface area contributed by atoms with Crippen LogP contribution in [0.2, 0.25) is 5.02 Å². The van der Waals surface area contributed by atoms with E-state index < -0.39 is 0 Å². The number of aromatic nitrogens is 2. The summed E-state index contributed by atoms with van der Waals surface area (Å²) in [5, 5.41) is 8.22. The Morgan fingerprint density at radius 1 is 1.04 bits per heavy atom. The lowest BCUT2D eigenvalue weighted by Gasteiger charge is -2.30. The second-order valence-electron chi connectivity index (χ2n) is 6.67. The average Bonchev–Trinajstić information content (AvgIpc) is 3.22. The van der Waals surface area contributed by atoms with E-state index in [-0.39, 0.29) is 0 Å². The third-order valence-electron chi connectivity index (χ3n) is 4.74. The molecule has 0 spiro atoms. The zero-order valence-corrected chi connectivity index (χ0v) is 16.4. The number of halogens is 1. The first-order valence-corrected chi connectivity index (χ1v) is 9.87. The van der Waals surface area contributed by atoms with Gasteiger partial charge in [0.2, 0.25) is 11.7 Å². The molecule has 0 atom stereocenters. The predicted octanol–water partition coefficient (Wildman–Crippen LogP) is 3.56. The molecular formula is C21H23ClN4O2. The molecule has 3 aromatic rings. The first kappa shape index (κ1) is 18.9. The molecule has 1 aromatic heterocycles. The van der Waals surface area contributed by atoms with E-state index in [9.17, 15) is 0 Å². The molecule has 0 unspecified atom stereocenters. The van der Waals surface area contributed by atoms with Crippen molar-refractivity contribution in [1.82, 2.24) is 15.5 Å². The van der Waals surface area contributed by atoms with Crippen molar-refractivity contribution in [2.75, 3.05) is 37.7 Å². The quantitative estimate of drug-likeness (QED) is 0.614. The first-order chi connectivity index (χ1) is 13.8. The van der Waals surface area contributed by atoms with Crippen LogP contribution in [0, 0.1) is 0 Å². The summed E-state index contributed by atoms with van der Waals surface area (Å²) in [6.45, 7) is 5.01. The smallest absolute Gasteiger partial charge is 0.228 e. The maximum Gasteiger partial charge on any atom is 0.228 e. The Hall–Kier alpha value is -2.41. The Morgan fingerprint density at radius 2 is 1.82 bits per heavy atom. The summed E-state index contributed by atoms with van der Waals surface area (Å²) in [5.41, 5.74) is 3.46. The number of hydrogen-bond donors (Lipinski definition) is 1. The largest absolute Gasteiger partial charge is 0.378 e. The molecule has 4 rings (SSSR count). The van der Waals surface area contributed by atoms with Gasteiger partial charge < -0.3 is 19.5 Å². The molecule has 6 nitrogen and oxygen atoms in total. The van der Waals surface area contributed by atoms with Crippen LogP contribution in [-0.2, 0) is 17.7 Å². The van der Waals surface area contributed by atoms with Crippen molar-refractivity contribution in [3.63, 3.8) is 0 Å². The fraction of sp³-hybridized carbons (Fsp3) is 0.333. The second kappa shape index (κ2) is 9.19. The lowest BCUT2D eigenvalue weighted by molar-refractivity contribution is 0.122. The summed E-state index contributed by atoms with van der Waals surface area (Å²) in [4.78, 5) is 6.85. The third-order valence-corrected chi connectivity index (χ3v) is 5.00. The number of rotatable bonds is 7. The van der Waals surface area contributed by atoms with E-state index in [1.807, 2.05) is 24.3 Å². The van der Waals surface area contributed by atoms with Gasteiger partial charge in [0.1, 0.15) is 0 Å². The van der Waals surface area contributed by atoms with Gasteiger partial charge in [-0.15, -0.1) is 0 Å². The number of para-hydroxylation sites is 1. The van der Waals surface area contributed by atoms with Gasteiger partial charge in [0.15, 0.2) is 0 Å². The Morgan fingerprint density at radius 3 is 2.64 bits per heavy atom. The molecule has 1 aliphatic heterocycles. The normalized spacial score (nSPS) is 14.4. The summed E-state index contributed by atoms with van der Waals surface area (Å²) in [6.07, 6.45) is 0.681.